The number of rotatable bonds is 5. The van der Waals surface area contributed by atoms with Crippen LogP contribution < -0.4 is 0 Å². The number of aromatic nitrogens is 2. The van der Waals surface area contributed by atoms with E-state index in [1.165, 1.54) is 0 Å². The molecule has 2 unspecified atom stereocenters. The zero-order valence-corrected chi connectivity index (χ0v) is 14.7. The lowest BCUT2D eigenvalue weighted by molar-refractivity contribution is -0.141. The summed E-state index contributed by atoms with van der Waals surface area (Å²) in [7, 11) is 0. The highest BCUT2D eigenvalue weighted by atomic mass is 16.5. The summed E-state index contributed by atoms with van der Waals surface area (Å²) in [5.41, 5.74) is 0. The molecule has 1 aromatic heterocycles. The molecule has 0 bridgehead atoms. The lowest BCUT2D eigenvalue weighted by Crippen LogP contribution is -2.48. The van der Waals surface area contributed by atoms with Gasteiger partial charge in [-0.25, -0.2) is 0 Å². The number of morpholine rings is 1. The SMILES string of the molecule is CCCc1noc(C(C)N2CCCC(C(=O)N3CCOCC3)C2)n1. The summed E-state index contributed by atoms with van der Waals surface area (Å²) in [6.45, 7) is 8.67. The smallest absolute Gasteiger partial charge is 0.243 e. The van der Waals surface area contributed by atoms with Gasteiger partial charge in [0.05, 0.1) is 25.2 Å². The van der Waals surface area contributed by atoms with Crippen molar-refractivity contribution in [3.05, 3.63) is 11.7 Å². The van der Waals surface area contributed by atoms with Gasteiger partial charge >= 0.3 is 0 Å². The van der Waals surface area contributed by atoms with Crippen LogP contribution in [0.15, 0.2) is 4.52 Å². The number of carbonyl (C=O) groups is 1. The van der Waals surface area contributed by atoms with Gasteiger partial charge < -0.3 is 14.2 Å². The van der Waals surface area contributed by atoms with Gasteiger partial charge in [-0.1, -0.05) is 12.1 Å². The van der Waals surface area contributed by atoms with E-state index in [-0.39, 0.29) is 17.9 Å². The van der Waals surface area contributed by atoms with Crippen molar-refractivity contribution < 1.29 is 14.1 Å². The standard InChI is InChI=1S/C17H28N4O3/c1-3-5-15-18-16(24-19-15)13(2)21-7-4-6-14(12-21)17(22)20-8-10-23-11-9-20/h13-14H,3-12H2,1-2H3. The number of nitrogens with zero attached hydrogens (tertiary/aromatic N) is 4. The molecule has 0 aromatic carbocycles. The fourth-order valence-corrected chi connectivity index (χ4v) is 3.52. The first-order valence-electron chi connectivity index (χ1n) is 9.12. The van der Waals surface area contributed by atoms with Crippen molar-refractivity contribution in [3.8, 4) is 0 Å². The Kier molecular flexibility index (Phi) is 5.84. The number of carbonyl (C=O) groups excluding carboxylic acids is 1. The van der Waals surface area contributed by atoms with Gasteiger partial charge in [0.15, 0.2) is 5.82 Å². The van der Waals surface area contributed by atoms with Crippen molar-refractivity contribution in [2.45, 2.75) is 45.6 Å². The van der Waals surface area contributed by atoms with Crippen molar-refractivity contribution in [2.75, 3.05) is 39.4 Å². The summed E-state index contributed by atoms with van der Waals surface area (Å²) in [4.78, 5) is 21.5. The van der Waals surface area contributed by atoms with E-state index in [0.717, 1.165) is 57.7 Å². The third-order valence-corrected chi connectivity index (χ3v) is 4.99. The number of amides is 1. The van der Waals surface area contributed by atoms with Crippen LogP contribution in [0, 0.1) is 5.92 Å². The van der Waals surface area contributed by atoms with Crippen molar-refractivity contribution in [1.29, 1.82) is 0 Å². The lowest BCUT2D eigenvalue weighted by atomic mass is 9.95. The first kappa shape index (κ1) is 17.4. The highest BCUT2D eigenvalue weighted by Crippen LogP contribution is 2.27. The highest BCUT2D eigenvalue weighted by Gasteiger charge is 2.33. The van der Waals surface area contributed by atoms with E-state index < -0.39 is 0 Å². The summed E-state index contributed by atoms with van der Waals surface area (Å²) < 4.78 is 10.8. The van der Waals surface area contributed by atoms with Crippen LogP contribution in [0.4, 0.5) is 0 Å². The Bertz CT molecular complexity index is 542. The van der Waals surface area contributed by atoms with E-state index in [0.29, 0.717) is 19.1 Å². The first-order valence-corrected chi connectivity index (χ1v) is 9.12. The molecule has 0 spiro atoms. The van der Waals surface area contributed by atoms with Crippen LogP contribution >= 0.6 is 0 Å². The lowest BCUT2D eigenvalue weighted by Gasteiger charge is -2.37. The summed E-state index contributed by atoms with van der Waals surface area (Å²) in [6.07, 6.45) is 3.84. The van der Waals surface area contributed by atoms with Crippen molar-refractivity contribution in [1.82, 2.24) is 19.9 Å². The van der Waals surface area contributed by atoms with Crippen LogP contribution in [-0.2, 0) is 16.0 Å². The molecular weight excluding hydrogens is 308 g/mol. The minimum absolute atomic E-state index is 0.0587. The number of likely N-dealkylation sites (tertiary alicyclic amines) is 1. The Hall–Kier alpha value is -1.47. The van der Waals surface area contributed by atoms with Crippen LogP contribution in [0.25, 0.3) is 0 Å². The quantitative estimate of drug-likeness (QED) is 0.814. The van der Waals surface area contributed by atoms with Gasteiger partial charge in [-0.15, -0.1) is 0 Å². The van der Waals surface area contributed by atoms with E-state index in [1.807, 2.05) is 4.90 Å². The number of ether oxygens (including phenoxy) is 1. The number of hydrogen-bond acceptors (Lipinski definition) is 6. The second-order valence-corrected chi connectivity index (χ2v) is 6.75. The average Bonchev–Trinajstić information content (AvgIpc) is 3.10. The Labute approximate surface area is 143 Å². The maximum Gasteiger partial charge on any atom is 0.243 e. The molecule has 0 saturated carbocycles. The molecule has 0 aliphatic carbocycles. The first-order chi connectivity index (χ1) is 11.7. The van der Waals surface area contributed by atoms with Crippen molar-refractivity contribution >= 4 is 5.91 Å². The molecule has 2 saturated heterocycles. The summed E-state index contributed by atoms with van der Waals surface area (Å²) in [5, 5.41) is 4.05. The molecule has 0 radical (unpaired) electrons. The van der Waals surface area contributed by atoms with Gasteiger partial charge in [-0.2, -0.15) is 4.98 Å². The predicted octanol–water partition coefficient (Wildman–Crippen LogP) is 1.65. The third-order valence-electron chi connectivity index (χ3n) is 4.99. The maximum atomic E-state index is 12.7. The predicted molar refractivity (Wildman–Crippen MR) is 88.4 cm³/mol. The molecule has 2 fully saturated rings. The van der Waals surface area contributed by atoms with E-state index >= 15 is 0 Å². The van der Waals surface area contributed by atoms with E-state index in [1.54, 1.807) is 0 Å². The Morgan fingerprint density at radius 3 is 2.88 bits per heavy atom. The monoisotopic (exact) mass is 336 g/mol. The molecule has 1 amide bonds. The van der Waals surface area contributed by atoms with Gasteiger partial charge in [0.25, 0.3) is 0 Å². The van der Waals surface area contributed by atoms with Crippen LogP contribution in [0.5, 0.6) is 0 Å². The molecule has 3 heterocycles. The summed E-state index contributed by atoms with van der Waals surface area (Å²) in [6, 6.07) is 0.0587. The molecule has 0 N–H and O–H groups in total. The normalized spacial score (nSPS) is 24.1. The fourth-order valence-electron chi connectivity index (χ4n) is 3.52. The summed E-state index contributed by atoms with van der Waals surface area (Å²) in [5.74, 6) is 1.78. The van der Waals surface area contributed by atoms with Gasteiger partial charge in [-0.05, 0) is 32.7 Å². The van der Waals surface area contributed by atoms with Gasteiger partial charge in [0.2, 0.25) is 11.8 Å². The Balaban J connectivity index is 1.60. The zero-order valence-electron chi connectivity index (χ0n) is 14.7. The molecule has 134 valence electrons. The van der Waals surface area contributed by atoms with Crippen molar-refractivity contribution in [3.63, 3.8) is 0 Å². The molecule has 7 nitrogen and oxygen atoms in total. The largest absolute Gasteiger partial charge is 0.378 e. The fraction of sp³-hybridized carbons (Fsp3) is 0.824. The second kappa shape index (κ2) is 8.07. The number of piperidine rings is 1. The third kappa shape index (κ3) is 3.95. The highest BCUT2D eigenvalue weighted by molar-refractivity contribution is 5.79. The molecular formula is C17H28N4O3. The van der Waals surface area contributed by atoms with Gasteiger partial charge in [0.1, 0.15) is 0 Å². The Morgan fingerprint density at radius 2 is 2.12 bits per heavy atom. The van der Waals surface area contributed by atoms with Gasteiger partial charge in [-0.3, -0.25) is 9.69 Å². The maximum absolute atomic E-state index is 12.7. The van der Waals surface area contributed by atoms with E-state index in [2.05, 4.69) is 28.9 Å². The zero-order chi connectivity index (χ0) is 16.9. The minimum atomic E-state index is 0.0587. The molecule has 2 atom stereocenters. The van der Waals surface area contributed by atoms with Crippen LogP contribution in [0.3, 0.4) is 0 Å². The topological polar surface area (TPSA) is 71.7 Å². The van der Waals surface area contributed by atoms with Crippen molar-refractivity contribution in [2.24, 2.45) is 5.92 Å². The molecule has 3 rings (SSSR count). The minimum Gasteiger partial charge on any atom is -0.378 e. The molecule has 7 heteroatoms. The molecule has 2 aliphatic heterocycles. The summed E-state index contributed by atoms with van der Waals surface area (Å²) >= 11 is 0. The average molecular weight is 336 g/mol. The molecule has 2 aliphatic rings. The van der Waals surface area contributed by atoms with Gasteiger partial charge in [0, 0.05) is 26.1 Å². The Morgan fingerprint density at radius 1 is 1.33 bits per heavy atom. The second-order valence-electron chi connectivity index (χ2n) is 6.75. The van der Waals surface area contributed by atoms with Crippen LogP contribution in [0.2, 0.25) is 0 Å². The van der Waals surface area contributed by atoms with Crippen LogP contribution in [-0.4, -0.2) is 65.2 Å². The van der Waals surface area contributed by atoms with E-state index in [4.69, 9.17) is 9.26 Å². The number of hydrogen-bond donors (Lipinski definition) is 0. The van der Waals surface area contributed by atoms with Crippen LogP contribution in [0.1, 0.15) is 50.9 Å². The molecule has 24 heavy (non-hydrogen) atoms. The molecule has 1 aromatic rings. The van der Waals surface area contributed by atoms with E-state index in [9.17, 15) is 4.79 Å². The number of aryl methyl sites for hydroxylation is 1.